The number of hydrogen-bond donors (Lipinski definition) is 1. The highest BCUT2D eigenvalue weighted by Gasteiger charge is 2.42. The fraction of sp³-hybridized carbons (Fsp3) is 0.889. The van der Waals surface area contributed by atoms with Crippen molar-refractivity contribution in [2.75, 3.05) is 0 Å². The van der Waals surface area contributed by atoms with Gasteiger partial charge in [-0.15, -0.1) is 0 Å². The van der Waals surface area contributed by atoms with Crippen molar-refractivity contribution in [3.63, 3.8) is 0 Å². The zero-order valence-electron chi connectivity index (χ0n) is 7.36. The molecule has 0 aromatic heterocycles. The van der Waals surface area contributed by atoms with Gasteiger partial charge >= 0.3 is 0 Å². The van der Waals surface area contributed by atoms with E-state index in [9.17, 15) is 4.79 Å². The minimum atomic E-state index is -0.814. The van der Waals surface area contributed by atoms with Crippen LogP contribution in [0.25, 0.3) is 0 Å². The number of fused-ring (bicyclic) bond motifs is 2. The Balaban J connectivity index is 2.09. The maximum Gasteiger partial charge on any atom is 0.251 e. The van der Waals surface area contributed by atoms with E-state index in [1.807, 2.05) is 4.90 Å². The Morgan fingerprint density at radius 2 is 1.75 bits per heavy atom. The molecule has 2 saturated heterocycles. The van der Waals surface area contributed by atoms with Crippen LogP contribution in [-0.2, 0) is 4.79 Å². The molecule has 2 fully saturated rings. The van der Waals surface area contributed by atoms with E-state index < -0.39 is 6.10 Å². The van der Waals surface area contributed by atoms with Crippen molar-refractivity contribution in [1.29, 1.82) is 0 Å². The summed E-state index contributed by atoms with van der Waals surface area (Å²) in [6.07, 6.45) is 3.75. The van der Waals surface area contributed by atoms with E-state index in [2.05, 4.69) is 0 Å². The standard InChI is InChI=1S/C9H15NO2/c1-6(11)9(12)10-7-2-3-8(10)5-4-7/h6-8,11H,2-5H2,1H3/t6-,7?,8?/m0/s1. The van der Waals surface area contributed by atoms with Gasteiger partial charge in [-0.2, -0.15) is 0 Å². The Morgan fingerprint density at radius 3 is 2.08 bits per heavy atom. The third-order valence-corrected chi connectivity index (χ3v) is 3.06. The minimum Gasteiger partial charge on any atom is -0.384 e. The molecule has 1 atom stereocenters. The Bertz CT molecular complexity index is 183. The van der Waals surface area contributed by atoms with Gasteiger partial charge < -0.3 is 10.0 Å². The highest BCUT2D eigenvalue weighted by Crippen LogP contribution is 2.37. The fourth-order valence-electron chi connectivity index (χ4n) is 2.49. The minimum absolute atomic E-state index is 0.0694. The number of aliphatic hydroxyl groups is 1. The molecule has 0 saturated carbocycles. The van der Waals surface area contributed by atoms with Gasteiger partial charge in [0, 0.05) is 12.1 Å². The lowest BCUT2D eigenvalue weighted by Crippen LogP contribution is -2.40. The number of carbonyl (C=O) groups excluding carboxylic acids is 1. The lowest BCUT2D eigenvalue weighted by molar-refractivity contribution is -0.140. The molecule has 68 valence electrons. The first-order chi connectivity index (χ1) is 5.70. The summed E-state index contributed by atoms with van der Waals surface area (Å²) in [7, 11) is 0. The molecular weight excluding hydrogens is 154 g/mol. The molecule has 0 unspecified atom stereocenters. The number of amides is 1. The van der Waals surface area contributed by atoms with Crippen LogP contribution in [0, 0.1) is 0 Å². The van der Waals surface area contributed by atoms with Crippen LogP contribution in [0.1, 0.15) is 32.6 Å². The number of aliphatic hydroxyl groups excluding tert-OH is 1. The van der Waals surface area contributed by atoms with Crippen LogP contribution >= 0.6 is 0 Å². The third kappa shape index (κ3) is 1.04. The van der Waals surface area contributed by atoms with Gasteiger partial charge in [0.05, 0.1) is 0 Å². The number of carbonyl (C=O) groups is 1. The summed E-state index contributed by atoms with van der Waals surface area (Å²) in [6.45, 7) is 1.56. The Labute approximate surface area is 72.4 Å². The quantitative estimate of drug-likeness (QED) is 0.621. The SMILES string of the molecule is C[C@H](O)C(=O)N1C2CCC1CC2. The van der Waals surface area contributed by atoms with Crippen LogP contribution < -0.4 is 0 Å². The maximum absolute atomic E-state index is 11.5. The van der Waals surface area contributed by atoms with E-state index in [1.54, 1.807) is 6.92 Å². The summed E-state index contributed by atoms with van der Waals surface area (Å²) in [5, 5.41) is 9.15. The van der Waals surface area contributed by atoms with Crippen molar-refractivity contribution in [1.82, 2.24) is 4.90 Å². The van der Waals surface area contributed by atoms with Gasteiger partial charge in [0.2, 0.25) is 0 Å². The largest absolute Gasteiger partial charge is 0.384 e. The van der Waals surface area contributed by atoms with Crippen LogP contribution in [0.5, 0.6) is 0 Å². The summed E-state index contributed by atoms with van der Waals surface area (Å²) in [6, 6.07) is 0.884. The summed E-state index contributed by atoms with van der Waals surface area (Å²) < 4.78 is 0. The molecule has 2 rings (SSSR count). The van der Waals surface area contributed by atoms with E-state index in [1.165, 1.54) is 0 Å². The molecule has 3 heteroatoms. The van der Waals surface area contributed by atoms with Gasteiger partial charge in [0.1, 0.15) is 6.10 Å². The van der Waals surface area contributed by atoms with Crippen LogP contribution in [-0.4, -0.2) is 34.1 Å². The van der Waals surface area contributed by atoms with Gasteiger partial charge in [-0.05, 0) is 32.6 Å². The molecule has 12 heavy (non-hydrogen) atoms. The first kappa shape index (κ1) is 8.05. The normalized spacial score (nSPS) is 35.7. The van der Waals surface area contributed by atoms with Crippen molar-refractivity contribution < 1.29 is 9.90 Å². The second kappa shape index (κ2) is 2.73. The average molecular weight is 169 g/mol. The molecule has 3 nitrogen and oxygen atoms in total. The summed E-state index contributed by atoms with van der Waals surface area (Å²) in [5.41, 5.74) is 0. The van der Waals surface area contributed by atoms with Crippen molar-refractivity contribution >= 4 is 5.91 Å². The molecule has 2 bridgehead atoms. The van der Waals surface area contributed by atoms with E-state index >= 15 is 0 Å². The second-order valence-corrected chi connectivity index (χ2v) is 3.88. The van der Waals surface area contributed by atoms with E-state index in [4.69, 9.17) is 5.11 Å². The molecule has 0 aromatic rings. The van der Waals surface area contributed by atoms with Crippen molar-refractivity contribution in [2.45, 2.75) is 50.8 Å². The highest BCUT2D eigenvalue weighted by molar-refractivity contribution is 5.81. The molecular formula is C9H15NO2. The van der Waals surface area contributed by atoms with Crippen LogP contribution in [0.3, 0.4) is 0 Å². The number of nitrogens with zero attached hydrogens (tertiary/aromatic N) is 1. The van der Waals surface area contributed by atoms with Crippen molar-refractivity contribution in [3.8, 4) is 0 Å². The monoisotopic (exact) mass is 169 g/mol. The Morgan fingerprint density at radius 1 is 1.33 bits per heavy atom. The maximum atomic E-state index is 11.5. The Kier molecular flexibility index (Phi) is 1.83. The van der Waals surface area contributed by atoms with E-state index in [-0.39, 0.29) is 5.91 Å². The van der Waals surface area contributed by atoms with Crippen LogP contribution in [0.2, 0.25) is 0 Å². The van der Waals surface area contributed by atoms with Gasteiger partial charge in [-0.1, -0.05) is 0 Å². The van der Waals surface area contributed by atoms with Crippen molar-refractivity contribution in [2.24, 2.45) is 0 Å². The first-order valence-corrected chi connectivity index (χ1v) is 4.70. The molecule has 0 aliphatic carbocycles. The zero-order valence-corrected chi connectivity index (χ0v) is 7.36. The summed E-state index contributed by atoms with van der Waals surface area (Å²) in [4.78, 5) is 13.4. The summed E-state index contributed by atoms with van der Waals surface area (Å²) >= 11 is 0. The lowest BCUT2D eigenvalue weighted by atomic mass is 10.0. The fourth-order valence-corrected chi connectivity index (χ4v) is 2.49. The first-order valence-electron chi connectivity index (χ1n) is 4.70. The summed E-state index contributed by atoms with van der Waals surface area (Å²) in [5.74, 6) is -0.0694. The average Bonchev–Trinajstić information content (AvgIpc) is 2.61. The second-order valence-electron chi connectivity index (χ2n) is 3.88. The van der Waals surface area contributed by atoms with Crippen LogP contribution in [0.4, 0.5) is 0 Å². The predicted molar refractivity (Wildman–Crippen MR) is 44.6 cm³/mol. The van der Waals surface area contributed by atoms with Crippen LogP contribution in [0.15, 0.2) is 0 Å². The third-order valence-electron chi connectivity index (χ3n) is 3.06. The van der Waals surface area contributed by atoms with Gasteiger partial charge in [-0.25, -0.2) is 0 Å². The predicted octanol–water partition coefficient (Wildman–Crippen LogP) is 0.521. The molecule has 2 heterocycles. The lowest BCUT2D eigenvalue weighted by Gasteiger charge is -2.23. The zero-order chi connectivity index (χ0) is 8.72. The molecule has 1 amide bonds. The molecule has 0 aromatic carbocycles. The topological polar surface area (TPSA) is 40.5 Å². The number of rotatable bonds is 1. The van der Waals surface area contributed by atoms with Gasteiger partial charge in [0.25, 0.3) is 5.91 Å². The van der Waals surface area contributed by atoms with Gasteiger partial charge in [0.15, 0.2) is 0 Å². The van der Waals surface area contributed by atoms with Gasteiger partial charge in [-0.3, -0.25) is 4.79 Å². The molecule has 2 aliphatic rings. The molecule has 1 N–H and O–H groups in total. The smallest absolute Gasteiger partial charge is 0.251 e. The number of hydrogen-bond acceptors (Lipinski definition) is 2. The Hall–Kier alpha value is -0.570. The molecule has 0 spiro atoms. The molecule has 0 radical (unpaired) electrons. The van der Waals surface area contributed by atoms with E-state index in [0.717, 1.165) is 25.7 Å². The van der Waals surface area contributed by atoms with E-state index in [0.29, 0.717) is 12.1 Å². The highest BCUT2D eigenvalue weighted by atomic mass is 16.3. The molecule has 2 aliphatic heterocycles. The van der Waals surface area contributed by atoms with Crippen molar-refractivity contribution in [3.05, 3.63) is 0 Å².